The first-order valence-corrected chi connectivity index (χ1v) is 6.89. The minimum Gasteiger partial charge on any atom is -0.480 e. The summed E-state index contributed by atoms with van der Waals surface area (Å²) < 4.78 is 0. The summed E-state index contributed by atoms with van der Waals surface area (Å²) in [5.41, 5.74) is 10.4. The number of nitrogens with two attached hydrogens (primary N) is 2. The van der Waals surface area contributed by atoms with E-state index in [1.165, 1.54) is 0 Å². The van der Waals surface area contributed by atoms with Gasteiger partial charge in [0.15, 0.2) is 6.04 Å². The largest absolute Gasteiger partial charge is 0.480 e. The maximum absolute atomic E-state index is 12.0. The first-order chi connectivity index (χ1) is 10.1. The number of thiol groups is 1. The van der Waals surface area contributed by atoms with Gasteiger partial charge in [-0.2, -0.15) is 12.6 Å². The third kappa shape index (κ3) is 6.74. The van der Waals surface area contributed by atoms with Gasteiger partial charge < -0.3 is 32.3 Å². The van der Waals surface area contributed by atoms with Crippen LogP contribution in [0.3, 0.4) is 0 Å². The molecule has 126 valence electrons. The molecule has 0 saturated heterocycles. The monoisotopic (exact) mass is 336 g/mol. The highest BCUT2D eigenvalue weighted by Crippen LogP contribution is 1.99. The summed E-state index contributed by atoms with van der Waals surface area (Å²) in [6.07, 6.45) is -1.94. The second kappa shape index (κ2) is 9.23. The molecule has 0 aliphatic rings. The van der Waals surface area contributed by atoms with E-state index in [0.29, 0.717) is 0 Å². The van der Waals surface area contributed by atoms with E-state index in [2.05, 4.69) is 17.9 Å². The van der Waals surface area contributed by atoms with Gasteiger partial charge in [-0.1, -0.05) is 0 Å². The number of carbonyl (C=O) groups is 4. The maximum Gasteiger partial charge on any atom is 0.328 e. The van der Waals surface area contributed by atoms with Gasteiger partial charge in [0.05, 0.1) is 18.6 Å². The number of aliphatic hydroxyl groups excluding tert-OH is 1. The number of carboxylic acids is 1. The third-order valence-electron chi connectivity index (χ3n) is 2.62. The van der Waals surface area contributed by atoms with E-state index in [1.807, 2.05) is 5.32 Å². The fourth-order valence-corrected chi connectivity index (χ4v) is 1.58. The zero-order chi connectivity index (χ0) is 17.4. The van der Waals surface area contributed by atoms with E-state index in [1.54, 1.807) is 0 Å². The fraction of sp³-hybridized carbons (Fsp3) is 0.636. The molecule has 8 N–H and O–H groups in total. The molecule has 0 saturated carbocycles. The topological polar surface area (TPSA) is 185 Å². The quantitative estimate of drug-likeness (QED) is 0.213. The molecule has 0 radical (unpaired) electrons. The molecule has 4 atom stereocenters. The van der Waals surface area contributed by atoms with E-state index in [-0.39, 0.29) is 5.75 Å². The van der Waals surface area contributed by atoms with E-state index in [9.17, 15) is 24.3 Å². The van der Waals surface area contributed by atoms with Crippen LogP contribution in [0, 0.1) is 0 Å². The van der Waals surface area contributed by atoms with Crippen LogP contribution in [-0.2, 0) is 19.2 Å². The Kier molecular flexibility index (Phi) is 8.45. The Morgan fingerprint density at radius 2 is 1.73 bits per heavy atom. The van der Waals surface area contributed by atoms with Gasteiger partial charge in [-0.15, -0.1) is 0 Å². The maximum atomic E-state index is 12.0. The Morgan fingerprint density at radius 3 is 2.09 bits per heavy atom. The van der Waals surface area contributed by atoms with Crippen LogP contribution >= 0.6 is 12.6 Å². The number of rotatable bonds is 9. The number of primary amides is 1. The molecule has 0 aromatic rings. The van der Waals surface area contributed by atoms with Crippen LogP contribution < -0.4 is 22.1 Å². The van der Waals surface area contributed by atoms with Gasteiger partial charge in [-0.3, -0.25) is 14.4 Å². The van der Waals surface area contributed by atoms with Crippen LogP contribution in [0.15, 0.2) is 0 Å². The first-order valence-electron chi connectivity index (χ1n) is 6.26. The van der Waals surface area contributed by atoms with Gasteiger partial charge in [0.2, 0.25) is 17.7 Å². The summed E-state index contributed by atoms with van der Waals surface area (Å²) in [5.74, 6) is -4.09. The van der Waals surface area contributed by atoms with Crippen molar-refractivity contribution in [3.05, 3.63) is 0 Å². The number of hydrogen-bond acceptors (Lipinski definition) is 7. The molecule has 0 aliphatic heterocycles. The summed E-state index contributed by atoms with van der Waals surface area (Å²) in [7, 11) is 0. The van der Waals surface area contributed by atoms with Crippen molar-refractivity contribution in [2.45, 2.75) is 37.6 Å². The molecule has 0 aliphatic carbocycles. The van der Waals surface area contributed by atoms with Crippen molar-refractivity contribution in [2.75, 3.05) is 5.75 Å². The van der Waals surface area contributed by atoms with Gasteiger partial charge >= 0.3 is 5.97 Å². The number of hydrogen-bond donors (Lipinski definition) is 7. The molecule has 0 aromatic carbocycles. The number of nitrogens with one attached hydrogen (secondary N) is 2. The average Bonchev–Trinajstić information content (AvgIpc) is 2.41. The minimum atomic E-state index is -1.60. The molecule has 0 unspecified atom stereocenters. The van der Waals surface area contributed by atoms with E-state index in [4.69, 9.17) is 16.6 Å². The molecule has 0 heterocycles. The highest BCUT2D eigenvalue weighted by atomic mass is 32.1. The van der Waals surface area contributed by atoms with E-state index in [0.717, 1.165) is 6.92 Å². The van der Waals surface area contributed by atoms with E-state index < -0.39 is 54.3 Å². The Balaban J connectivity index is 5.01. The fourth-order valence-electron chi connectivity index (χ4n) is 1.41. The summed E-state index contributed by atoms with van der Waals surface area (Å²) in [6, 6.07) is -4.02. The zero-order valence-electron chi connectivity index (χ0n) is 11.9. The van der Waals surface area contributed by atoms with Crippen LogP contribution in [0.1, 0.15) is 13.3 Å². The molecule has 0 fully saturated rings. The molecule has 0 rings (SSSR count). The van der Waals surface area contributed by atoms with Crippen molar-refractivity contribution >= 4 is 36.3 Å². The summed E-state index contributed by atoms with van der Waals surface area (Å²) in [6.45, 7) is 1.16. The van der Waals surface area contributed by atoms with Gasteiger partial charge in [0.25, 0.3) is 0 Å². The van der Waals surface area contributed by atoms with Crippen LogP contribution in [-0.4, -0.2) is 63.9 Å². The molecule has 11 heteroatoms. The van der Waals surface area contributed by atoms with Crippen LogP contribution in [0.4, 0.5) is 0 Å². The summed E-state index contributed by atoms with van der Waals surface area (Å²) in [4.78, 5) is 45.5. The van der Waals surface area contributed by atoms with E-state index >= 15 is 0 Å². The lowest BCUT2D eigenvalue weighted by Gasteiger charge is -2.22. The van der Waals surface area contributed by atoms with Crippen LogP contribution in [0.5, 0.6) is 0 Å². The molecular formula is C11H20N4O6S. The standard InChI is InChI=1S/C11H20N4O6S/c1-4(16)8(11(20)21)15-10(19)6(2-7(13)17)14-9(18)5(12)3-22/h4-6,8,16,22H,2-3,12H2,1H3,(H2,13,17)(H,14,18)(H,15,19)(H,20,21)/t4-,5+,6+,8+/m1/s1. The smallest absolute Gasteiger partial charge is 0.328 e. The SMILES string of the molecule is C[C@@H](O)[C@H](NC(=O)[C@H](CC(N)=O)NC(=O)[C@@H](N)CS)C(=O)O. The molecule has 10 nitrogen and oxygen atoms in total. The van der Waals surface area contributed by atoms with Crippen molar-refractivity contribution in [1.29, 1.82) is 0 Å². The second-order valence-electron chi connectivity index (χ2n) is 4.59. The second-order valence-corrected chi connectivity index (χ2v) is 4.95. The van der Waals surface area contributed by atoms with Crippen molar-refractivity contribution < 1.29 is 29.4 Å². The number of carbonyl (C=O) groups excluding carboxylic acids is 3. The van der Waals surface area contributed by atoms with Gasteiger partial charge in [0.1, 0.15) is 6.04 Å². The third-order valence-corrected chi connectivity index (χ3v) is 3.01. The zero-order valence-corrected chi connectivity index (χ0v) is 12.7. The summed E-state index contributed by atoms with van der Waals surface area (Å²) in [5, 5.41) is 22.4. The Bertz CT molecular complexity index is 444. The first kappa shape index (κ1) is 20.1. The molecule has 0 spiro atoms. The molecule has 0 bridgehead atoms. The highest BCUT2D eigenvalue weighted by molar-refractivity contribution is 7.80. The lowest BCUT2D eigenvalue weighted by Crippen LogP contribution is -2.57. The number of aliphatic hydroxyl groups is 1. The number of carboxylic acid groups (broad SMARTS) is 1. The lowest BCUT2D eigenvalue weighted by molar-refractivity contribution is -0.145. The Morgan fingerprint density at radius 1 is 1.18 bits per heavy atom. The predicted octanol–water partition coefficient (Wildman–Crippen LogP) is -3.45. The van der Waals surface area contributed by atoms with Crippen LogP contribution in [0.2, 0.25) is 0 Å². The van der Waals surface area contributed by atoms with Gasteiger partial charge in [-0.05, 0) is 6.92 Å². The van der Waals surface area contributed by atoms with Crippen molar-refractivity contribution in [1.82, 2.24) is 10.6 Å². The minimum absolute atomic E-state index is 0.00215. The normalized spacial score (nSPS) is 16.0. The predicted molar refractivity (Wildman–Crippen MR) is 78.8 cm³/mol. The Labute approximate surface area is 132 Å². The average molecular weight is 336 g/mol. The lowest BCUT2D eigenvalue weighted by atomic mass is 10.1. The van der Waals surface area contributed by atoms with Gasteiger partial charge in [-0.25, -0.2) is 4.79 Å². The summed E-state index contributed by atoms with van der Waals surface area (Å²) >= 11 is 3.82. The Hall–Kier alpha value is -1.85. The molecular weight excluding hydrogens is 316 g/mol. The highest BCUT2D eigenvalue weighted by Gasteiger charge is 2.30. The van der Waals surface area contributed by atoms with Crippen molar-refractivity contribution in [3.63, 3.8) is 0 Å². The van der Waals surface area contributed by atoms with Gasteiger partial charge in [0, 0.05) is 5.75 Å². The number of amides is 3. The molecule has 3 amide bonds. The number of aliphatic carboxylic acids is 1. The molecule has 22 heavy (non-hydrogen) atoms. The molecule has 0 aromatic heterocycles. The van der Waals surface area contributed by atoms with Crippen LogP contribution in [0.25, 0.3) is 0 Å². The van der Waals surface area contributed by atoms with Crippen molar-refractivity contribution in [3.8, 4) is 0 Å². The van der Waals surface area contributed by atoms with Crippen molar-refractivity contribution in [2.24, 2.45) is 11.5 Å².